The summed E-state index contributed by atoms with van der Waals surface area (Å²) in [5.41, 5.74) is -0.106. The lowest BCUT2D eigenvalue weighted by atomic mass is 10.1. The molecule has 2 aromatic rings. The average molecular weight is 332 g/mol. The first-order valence-corrected chi connectivity index (χ1v) is 6.97. The highest BCUT2D eigenvalue weighted by Gasteiger charge is 2.34. The Morgan fingerprint density at radius 2 is 2.09 bits per heavy atom. The number of halogens is 3. The maximum Gasteiger partial charge on any atom is 0.433 e. The van der Waals surface area contributed by atoms with Gasteiger partial charge in [0.1, 0.15) is 5.69 Å². The number of carboxylic acids is 1. The van der Waals surface area contributed by atoms with Crippen LogP contribution in [-0.4, -0.2) is 36.6 Å². The molecule has 0 unspecified atom stereocenters. The molecule has 0 saturated heterocycles. The summed E-state index contributed by atoms with van der Waals surface area (Å²) in [6, 6.07) is 0.828. The molecule has 0 saturated carbocycles. The van der Waals surface area contributed by atoms with Crippen LogP contribution in [0.4, 0.5) is 13.2 Å². The van der Waals surface area contributed by atoms with Crippen LogP contribution in [0.15, 0.2) is 17.4 Å². The third-order valence-electron chi connectivity index (χ3n) is 2.61. The molecule has 1 N–H and O–H groups in total. The van der Waals surface area contributed by atoms with Gasteiger partial charge < -0.3 is 5.11 Å². The summed E-state index contributed by atoms with van der Waals surface area (Å²) in [5, 5.41) is 12.4. The third-order valence-corrected chi connectivity index (χ3v) is 3.44. The third kappa shape index (κ3) is 3.75. The molecule has 0 aliphatic heterocycles. The largest absolute Gasteiger partial charge is 0.481 e. The minimum Gasteiger partial charge on any atom is -0.481 e. The molecule has 118 valence electrons. The van der Waals surface area contributed by atoms with E-state index in [9.17, 15) is 18.0 Å². The van der Waals surface area contributed by atoms with E-state index in [2.05, 4.69) is 15.1 Å². The predicted octanol–water partition coefficient (Wildman–Crippen LogP) is 2.38. The van der Waals surface area contributed by atoms with E-state index in [4.69, 9.17) is 5.11 Å². The second-order valence-corrected chi connectivity index (χ2v) is 5.35. The lowest BCUT2D eigenvalue weighted by Gasteiger charge is -2.09. The number of carbonyl (C=O) groups is 1. The predicted molar refractivity (Wildman–Crippen MR) is 72.3 cm³/mol. The molecule has 0 amide bonds. The molecule has 0 fully saturated rings. The Morgan fingerprint density at radius 3 is 2.59 bits per heavy atom. The van der Waals surface area contributed by atoms with Gasteiger partial charge in [-0.1, -0.05) is 11.8 Å². The lowest BCUT2D eigenvalue weighted by molar-refractivity contribution is -0.141. The van der Waals surface area contributed by atoms with Gasteiger partial charge >= 0.3 is 12.1 Å². The number of thioether (sulfide) groups is 1. The van der Waals surface area contributed by atoms with Crippen LogP contribution in [0.3, 0.4) is 0 Å². The zero-order valence-electron chi connectivity index (χ0n) is 11.5. The number of nitrogens with zero attached hydrogens (tertiary/aromatic N) is 4. The maximum absolute atomic E-state index is 12.9. The Hall–Kier alpha value is -2.10. The molecule has 0 radical (unpaired) electrons. The van der Waals surface area contributed by atoms with E-state index >= 15 is 0 Å². The molecule has 10 heteroatoms. The SMILES string of the molecule is Cc1nn(C)cc1-c1cc(C(F)(F)F)nc(SCC(=O)O)n1. The van der Waals surface area contributed by atoms with Crippen LogP contribution in [-0.2, 0) is 18.0 Å². The first-order chi connectivity index (χ1) is 10.2. The van der Waals surface area contributed by atoms with Gasteiger partial charge in [-0.05, 0) is 13.0 Å². The minimum atomic E-state index is -4.65. The van der Waals surface area contributed by atoms with Gasteiger partial charge in [0.05, 0.1) is 17.1 Å². The van der Waals surface area contributed by atoms with Crippen molar-refractivity contribution in [3.63, 3.8) is 0 Å². The van der Waals surface area contributed by atoms with Gasteiger partial charge in [0.2, 0.25) is 0 Å². The Labute approximate surface area is 127 Å². The molecule has 0 aromatic carbocycles. The van der Waals surface area contributed by atoms with Gasteiger partial charge in [0.15, 0.2) is 5.16 Å². The number of carboxylic acid groups (broad SMARTS) is 1. The summed E-state index contributed by atoms with van der Waals surface area (Å²) < 4.78 is 40.3. The van der Waals surface area contributed by atoms with Crippen molar-refractivity contribution in [2.45, 2.75) is 18.3 Å². The normalized spacial score (nSPS) is 11.7. The van der Waals surface area contributed by atoms with Crippen molar-refractivity contribution >= 4 is 17.7 Å². The first kappa shape index (κ1) is 16.3. The minimum absolute atomic E-state index is 0.0563. The second-order valence-electron chi connectivity index (χ2n) is 4.40. The summed E-state index contributed by atoms with van der Waals surface area (Å²) in [6.07, 6.45) is -3.10. The van der Waals surface area contributed by atoms with Crippen molar-refractivity contribution in [1.29, 1.82) is 0 Å². The number of aryl methyl sites for hydroxylation is 2. The maximum atomic E-state index is 12.9. The van der Waals surface area contributed by atoms with Crippen LogP contribution in [0, 0.1) is 6.92 Å². The summed E-state index contributed by atoms with van der Waals surface area (Å²) in [4.78, 5) is 17.9. The number of hydrogen-bond donors (Lipinski definition) is 1. The van der Waals surface area contributed by atoms with Crippen LogP contribution >= 0.6 is 11.8 Å². The average Bonchev–Trinajstić information content (AvgIpc) is 2.74. The lowest BCUT2D eigenvalue weighted by Crippen LogP contribution is -2.10. The highest BCUT2D eigenvalue weighted by Crippen LogP contribution is 2.32. The van der Waals surface area contributed by atoms with Crippen LogP contribution in [0.1, 0.15) is 11.4 Å². The zero-order valence-corrected chi connectivity index (χ0v) is 12.4. The molecule has 2 rings (SSSR count). The molecule has 2 aromatic heterocycles. The van der Waals surface area contributed by atoms with Crippen molar-refractivity contribution in [2.75, 3.05) is 5.75 Å². The highest BCUT2D eigenvalue weighted by atomic mass is 32.2. The van der Waals surface area contributed by atoms with Crippen molar-refractivity contribution in [1.82, 2.24) is 19.7 Å². The van der Waals surface area contributed by atoms with Crippen molar-refractivity contribution in [3.8, 4) is 11.3 Å². The number of rotatable bonds is 4. The van der Waals surface area contributed by atoms with Crippen LogP contribution in [0.25, 0.3) is 11.3 Å². The zero-order chi connectivity index (χ0) is 16.5. The second kappa shape index (κ2) is 5.95. The molecule has 0 bridgehead atoms. The summed E-state index contributed by atoms with van der Waals surface area (Å²) >= 11 is 0.631. The van der Waals surface area contributed by atoms with Crippen LogP contribution in [0.5, 0.6) is 0 Å². The Balaban J connectivity index is 2.51. The molecule has 0 atom stereocenters. The fourth-order valence-electron chi connectivity index (χ4n) is 1.75. The van der Waals surface area contributed by atoms with Gasteiger partial charge in [-0.15, -0.1) is 0 Å². The van der Waals surface area contributed by atoms with Crippen molar-refractivity contribution < 1.29 is 23.1 Å². The fraction of sp³-hybridized carbons (Fsp3) is 0.333. The fourth-order valence-corrected chi connectivity index (χ4v) is 2.33. The molecule has 22 heavy (non-hydrogen) atoms. The van der Waals surface area contributed by atoms with Crippen LogP contribution < -0.4 is 0 Å². The van der Waals surface area contributed by atoms with E-state index in [1.807, 2.05) is 0 Å². The first-order valence-electron chi connectivity index (χ1n) is 5.98. The van der Waals surface area contributed by atoms with E-state index < -0.39 is 23.6 Å². The molecular weight excluding hydrogens is 321 g/mol. The number of aromatic nitrogens is 4. The number of hydrogen-bond acceptors (Lipinski definition) is 5. The van der Waals surface area contributed by atoms with Crippen molar-refractivity contribution in [3.05, 3.63) is 23.7 Å². The quantitative estimate of drug-likeness (QED) is 0.684. The Morgan fingerprint density at radius 1 is 1.41 bits per heavy atom. The molecule has 0 spiro atoms. The van der Waals surface area contributed by atoms with E-state index in [1.165, 1.54) is 4.68 Å². The number of aliphatic carboxylic acids is 1. The Kier molecular flexibility index (Phi) is 4.40. The van der Waals surface area contributed by atoms with E-state index in [1.54, 1.807) is 20.2 Å². The summed E-state index contributed by atoms with van der Waals surface area (Å²) in [7, 11) is 1.64. The molecular formula is C12H11F3N4O2S. The molecule has 6 nitrogen and oxygen atoms in total. The monoisotopic (exact) mass is 332 g/mol. The van der Waals surface area contributed by atoms with Gasteiger partial charge in [-0.3, -0.25) is 9.48 Å². The van der Waals surface area contributed by atoms with E-state index in [-0.39, 0.29) is 10.9 Å². The Bertz CT molecular complexity index is 715. The van der Waals surface area contributed by atoms with Gasteiger partial charge in [0, 0.05) is 18.8 Å². The number of alkyl halides is 3. The smallest absolute Gasteiger partial charge is 0.433 e. The van der Waals surface area contributed by atoms with Gasteiger partial charge in [0.25, 0.3) is 0 Å². The van der Waals surface area contributed by atoms with Crippen LogP contribution in [0.2, 0.25) is 0 Å². The molecule has 0 aliphatic rings. The summed E-state index contributed by atoms with van der Waals surface area (Å²) in [6.45, 7) is 1.65. The molecule has 2 heterocycles. The standard InChI is InChI=1S/C12H11F3N4O2S/c1-6-7(4-19(2)18-6)8-3-9(12(13,14)15)17-11(16-8)22-5-10(20)21/h3-4H,5H2,1-2H3,(H,20,21). The van der Waals surface area contributed by atoms with E-state index in [0.29, 0.717) is 23.0 Å². The highest BCUT2D eigenvalue weighted by molar-refractivity contribution is 7.99. The topological polar surface area (TPSA) is 80.9 Å². The van der Waals surface area contributed by atoms with E-state index in [0.717, 1.165) is 6.07 Å². The molecule has 0 aliphatic carbocycles. The van der Waals surface area contributed by atoms with Gasteiger partial charge in [-0.2, -0.15) is 18.3 Å². The van der Waals surface area contributed by atoms with Crippen molar-refractivity contribution in [2.24, 2.45) is 7.05 Å². The van der Waals surface area contributed by atoms with Gasteiger partial charge in [-0.25, -0.2) is 9.97 Å². The summed E-state index contributed by atoms with van der Waals surface area (Å²) in [5.74, 6) is -1.59.